The number of oxazole rings is 1. The van der Waals surface area contributed by atoms with Crippen molar-refractivity contribution in [2.45, 2.75) is 46.1 Å². The lowest BCUT2D eigenvalue weighted by Crippen LogP contribution is -2.13. The Bertz CT molecular complexity index is 537. The third-order valence-electron chi connectivity index (χ3n) is 3.00. The minimum atomic E-state index is 0.00156. The van der Waals surface area contributed by atoms with Crippen LogP contribution in [0.15, 0.2) is 28.9 Å². The zero-order chi connectivity index (χ0) is 14.0. The molecule has 102 valence electrons. The fraction of sp³-hybridized carbons (Fsp3) is 0.467. The summed E-state index contributed by atoms with van der Waals surface area (Å²) in [6.45, 7) is 10.4. The standard InChI is InChI=1S/C15H21N3O/c1-10-8-17-14(19-10)11(2)18-13-7-6-12(9-16-13)15(3,4)5/h6-9,11H,1-5H3,(H,16,18). The summed E-state index contributed by atoms with van der Waals surface area (Å²) in [6, 6.07) is 4.09. The quantitative estimate of drug-likeness (QED) is 0.909. The fourth-order valence-electron chi connectivity index (χ4n) is 1.78. The van der Waals surface area contributed by atoms with E-state index >= 15 is 0 Å². The van der Waals surface area contributed by atoms with Gasteiger partial charge in [-0.3, -0.25) is 0 Å². The first-order valence-electron chi connectivity index (χ1n) is 6.51. The summed E-state index contributed by atoms with van der Waals surface area (Å²) in [4.78, 5) is 8.65. The van der Waals surface area contributed by atoms with Gasteiger partial charge in [-0.15, -0.1) is 0 Å². The van der Waals surface area contributed by atoms with Gasteiger partial charge in [-0.05, 0) is 30.9 Å². The molecule has 4 heteroatoms. The molecule has 1 atom stereocenters. The molecule has 2 aromatic heterocycles. The van der Waals surface area contributed by atoms with E-state index in [0.717, 1.165) is 11.6 Å². The van der Waals surface area contributed by atoms with Gasteiger partial charge < -0.3 is 9.73 Å². The van der Waals surface area contributed by atoms with Gasteiger partial charge in [0.15, 0.2) is 0 Å². The highest BCUT2D eigenvalue weighted by atomic mass is 16.4. The van der Waals surface area contributed by atoms with Crippen LogP contribution in [0.25, 0.3) is 0 Å². The van der Waals surface area contributed by atoms with Gasteiger partial charge in [0, 0.05) is 6.20 Å². The lowest BCUT2D eigenvalue weighted by molar-refractivity contribution is 0.453. The number of nitrogens with zero attached hydrogens (tertiary/aromatic N) is 2. The third-order valence-corrected chi connectivity index (χ3v) is 3.00. The normalized spacial score (nSPS) is 13.3. The van der Waals surface area contributed by atoms with Crippen LogP contribution in [-0.4, -0.2) is 9.97 Å². The first kappa shape index (κ1) is 13.6. The van der Waals surface area contributed by atoms with Gasteiger partial charge in [-0.2, -0.15) is 0 Å². The van der Waals surface area contributed by atoms with Gasteiger partial charge >= 0.3 is 0 Å². The fourth-order valence-corrected chi connectivity index (χ4v) is 1.78. The summed E-state index contributed by atoms with van der Waals surface area (Å²) in [5, 5.41) is 3.28. The molecule has 0 radical (unpaired) electrons. The molecule has 0 fully saturated rings. The Hall–Kier alpha value is -1.84. The third kappa shape index (κ3) is 3.34. The van der Waals surface area contributed by atoms with Crippen LogP contribution in [0.5, 0.6) is 0 Å². The molecule has 0 aliphatic carbocycles. The van der Waals surface area contributed by atoms with Gasteiger partial charge in [-0.25, -0.2) is 9.97 Å². The van der Waals surface area contributed by atoms with Gasteiger partial charge in [0.05, 0.1) is 6.20 Å². The summed E-state index contributed by atoms with van der Waals surface area (Å²) >= 11 is 0. The van der Waals surface area contributed by atoms with Crippen molar-refractivity contribution in [1.82, 2.24) is 9.97 Å². The first-order valence-corrected chi connectivity index (χ1v) is 6.51. The van der Waals surface area contributed by atoms with Crippen LogP contribution in [0.2, 0.25) is 0 Å². The van der Waals surface area contributed by atoms with E-state index in [2.05, 4.69) is 42.1 Å². The molecule has 0 bridgehead atoms. The summed E-state index contributed by atoms with van der Waals surface area (Å²) in [5.41, 5.74) is 1.34. The predicted molar refractivity (Wildman–Crippen MR) is 76.2 cm³/mol. The highest BCUT2D eigenvalue weighted by molar-refractivity contribution is 5.38. The average molecular weight is 259 g/mol. The lowest BCUT2D eigenvalue weighted by atomic mass is 9.88. The van der Waals surface area contributed by atoms with Crippen molar-refractivity contribution in [3.8, 4) is 0 Å². The molecule has 0 aromatic carbocycles. The minimum Gasteiger partial charge on any atom is -0.444 e. The molecule has 2 aromatic rings. The number of nitrogens with one attached hydrogen (secondary N) is 1. The molecule has 1 N–H and O–H groups in total. The topological polar surface area (TPSA) is 51.0 Å². The maximum absolute atomic E-state index is 5.49. The second-order valence-electron chi connectivity index (χ2n) is 5.86. The maximum Gasteiger partial charge on any atom is 0.216 e. The average Bonchev–Trinajstić information content (AvgIpc) is 2.75. The van der Waals surface area contributed by atoms with E-state index in [1.54, 1.807) is 6.20 Å². The van der Waals surface area contributed by atoms with Crippen molar-refractivity contribution in [2.24, 2.45) is 0 Å². The van der Waals surface area contributed by atoms with E-state index in [1.165, 1.54) is 5.56 Å². The van der Waals surface area contributed by atoms with Crippen LogP contribution < -0.4 is 5.32 Å². The molecule has 1 unspecified atom stereocenters. The van der Waals surface area contributed by atoms with Crippen LogP contribution in [0.3, 0.4) is 0 Å². The van der Waals surface area contributed by atoms with Crippen molar-refractivity contribution in [3.63, 3.8) is 0 Å². The van der Waals surface area contributed by atoms with E-state index in [0.29, 0.717) is 5.89 Å². The Balaban J connectivity index is 2.07. The Morgan fingerprint density at radius 1 is 1.16 bits per heavy atom. The van der Waals surface area contributed by atoms with E-state index in [-0.39, 0.29) is 11.5 Å². The van der Waals surface area contributed by atoms with Crippen LogP contribution in [-0.2, 0) is 5.41 Å². The molecule has 0 aliphatic heterocycles. The van der Waals surface area contributed by atoms with Gasteiger partial charge in [-0.1, -0.05) is 26.8 Å². The Kier molecular flexibility index (Phi) is 3.60. The number of rotatable bonds is 3. The molecule has 0 saturated carbocycles. The molecule has 4 nitrogen and oxygen atoms in total. The van der Waals surface area contributed by atoms with Gasteiger partial charge in [0.2, 0.25) is 5.89 Å². The number of aromatic nitrogens is 2. The maximum atomic E-state index is 5.49. The monoisotopic (exact) mass is 259 g/mol. The molecule has 0 amide bonds. The first-order chi connectivity index (χ1) is 8.86. The summed E-state index contributed by atoms with van der Waals surface area (Å²) in [7, 11) is 0. The second kappa shape index (κ2) is 5.03. The summed E-state index contributed by atoms with van der Waals surface area (Å²) < 4.78 is 5.49. The SMILES string of the molecule is Cc1cnc(C(C)Nc2ccc(C(C)(C)C)cn2)o1. The molecule has 0 saturated heterocycles. The van der Waals surface area contributed by atoms with E-state index in [1.807, 2.05) is 26.1 Å². The Morgan fingerprint density at radius 3 is 2.37 bits per heavy atom. The van der Waals surface area contributed by atoms with Gasteiger partial charge in [0.25, 0.3) is 0 Å². The van der Waals surface area contributed by atoms with Crippen molar-refractivity contribution in [2.75, 3.05) is 5.32 Å². The Morgan fingerprint density at radius 2 is 1.89 bits per heavy atom. The predicted octanol–water partition coefficient (Wildman–Crippen LogP) is 3.85. The number of hydrogen-bond acceptors (Lipinski definition) is 4. The van der Waals surface area contributed by atoms with Crippen LogP contribution in [0.4, 0.5) is 5.82 Å². The van der Waals surface area contributed by atoms with E-state index in [9.17, 15) is 0 Å². The smallest absolute Gasteiger partial charge is 0.216 e. The molecule has 2 rings (SSSR count). The second-order valence-corrected chi connectivity index (χ2v) is 5.86. The van der Waals surface area contributed by atoms with Crippen molar-refractivity contribution < 1.29 is 4.42 Å². The minimum absolute atomic E-state index is 0.00156. The van der Waals surface area contributed by atoms with Crippen LogP contribution in [0.1, 0.15) is 51.0 Å². The van der Waals surface area contributed by atoms with Gasteiger partial charge in [0.1, 0.15) is 17.6 Å². The summed E-state index contributed by atoms with van der Waals surface area (Å²) in [5.74, 6) is 2.33. The van der Waals surface area contributed by atoms with Crippen molar-refractivity contribution >= 4 is 5.82 Å². The number of hydrogen-bond donors (Lipinski definition) is 1. The zero-order valence-electron chi connectivity index (χ0n) is 12.2. The van der Waals surface area contributed by atoms with Crippen molar-refractivity contribution in [1.29, 1.82) is 0 Å². The molecule has 2 heterocycles. The van der Waals surface area contributed by atoms with E-state index < -0.39 is 0 Å². The molecule has 0 aliphatic rings. The Labute approximate surface area is 114 Å². The molecule has 0 spiro atoms. The molecular weight excluding hydrogens is 238 g/mol. The van der Waals surface area contributed by atoms with Crippen LogP contribution in [0, 0.1) is 6.92 Å². The number of pyridine rings is 1. The largest absolute Gasteiger partial charge is 0.444 e. The summed E-state index contributed by atoms with van der Waals surface area (Å²) in [6.07, 6.45) is 3.64. The highest BCUT2D eigenvalue weighted by Gasteiger charge is 2.15. The molecular formula is C15H21N3O. The highest BCUT2D eigenvalue weighted by Crippen LogP contribution is 2.23. The van der Waals surface area contributed by atoms with Crippen molar-refractivity contribution in [3.05, 3.63) is 41.7 Å². The zero-order valence-corrected chi connectivity index (χ0v) is 12.2. The number of aryl methyl sites for hydroxylation is 1. The van der Waals surface area contributed by atoms with E-state index in [4.69, 9.17) is 4.42 Å². The number of anilines is 1. The van der Waals surface area contributed by atoms with Crippen LogP contribution >= 0.6 is 0 Å². The molecule has 19 heavy (non-hydrogen) atoms. The lowest BCUT2D eigenvalue weighted by Gasteiger charge is -2.19.